The van der Waals surface area contributed by atoms with Gasteiger partial charge in [0.2, 0.25) is 0 Å². The van der Waals surface area contributed by atoms with Crippen molar-refractivity contribution in [2.75, 3.05) is 13.1 Å². The summed E-state index contributed by atoms with van der Waals surface area (Å²) < 4.78 is 9.08. The smallest absolute Gasteiger partial charge is 0.375 e. The van der Waals surface area contributed by atoms with Gasteiger partial charge in [0.15, 0.2) is 0 Å². The highest BCUT2D eigenvalue weighted by atomic mass is 16.6. The molecule has 2 heterocycles. The number of carbonyl (C=O) groups is 4. The Morgan fingerprint density at radius 2 is 1.15 bits per heavy atom. The fraction of sp³-hybridized carbons (Fsp3) is 0.667. The van der Waals surface area contributed by atoms with Crippen molar-refractivity contribution in [1.29, 1.82) is 0 Å². The Bertz CT molecular complexity index is 421. The lowest BCUT2D eigenvalue weighted by Crippen LogP contribution is -2.43. The molecule has 2 unspecified atom stereocenters. The Balaban J connectivity index is 2.01. The number of cyclic esters (lactones) is 4. The van der Waals surface area contributed by atoms with Gasteiger partial charge >= 0.3 is 24.1 Å². The number of rotatable bonds is 5. The maximum atomic E-state index is 11.5. The van der Waals surface area contributed by atoms with Gasteiger partial charge in [0.25, 0.3) is 0 Å². The van der Waals surface area contributed by atoms with Gasteiger partial charge in [0.05, 0.1) is 0 Å². The molecular formula is C12H16N2O6. The zero-order valence-corrected chi connectivity index (χ0v) is 11.3. The zero-order chi connectivity index (χ0) is 14.9. The average Bonchev–Trinajstić information content (AvgIpc) is 2.82. The zero-order valence-electron chi connectivity index (χ0n) is 11.3. The topological polar surface area (TPSA) is 93.2 Å². The minimum Gasteiger partial charge on any atom is -0.375 e. The van der Waals surface area contributed by atoms with E-state index in [1.54, 1.807) is 13.8 Å². The molecule has 20 heavy (non-hydrogen) atoms. The second kappa shape index (κ2) is 5.48. The van der Waals surface area contributed by atoms with Crippen LogP contribution in [0.5, 0.6) is 0 Å². The van der Waals surface area contributed by atoms with Crippen LogP contribution < -0.4 is 0 Å². The summed E-state index contributed by atoms with van der Waals surface area (Å²) in [4.78, 5) is 48.4. The van der Waals surface area contributed by atoms with Gasteiger partial charge in [-0.15, -0.1) is 0 Å². The first-order chi connectivity index (χ1) is 9.49. The van der Waals surface area contributed by atoms with E-state index in [1.807, 2.05) is 0 Å². The largest absolute Gasteiger partial charge is 0.418 e. The third-order valence-electron chi connectivity index (χ3n) is 3.50. The summed E-state index contributed by atoms with van der Waals surface area (Å²) in [5, 5.41) is 0. The second-order valence-corrected chi connectivity index (χ2v) is 4.61. The third kappa shape index (κ3) is 2.33. The standard InChI is InChI=1S/C12H16N2O6/c1-3-7-9(15)19-11(17)13(7)5-6-14-8(4-2)10(16)20-12(14)18/h7-8H,3-6H2,1-2H3. The summed E-state index contributed by atoms with van der Waals surface area (Å²) in [6.07, 6.45) is -0.557. The van der Waals surface area contributed by atoms with Gasteiger partial charge in [0, 0.05) is 13.1 Å². The number of nitrogens with zero attached hydrogens (tertiary/aromatic N) is 2. The summed E-state index contributed by atoms with van der Waals surface area (Å²) >= 11 is 0. The SMILES string of the molecule is CCC1C(=O)OC(=O)N1CCN1C(=O)OC(=O)C1CC. The molecule has 0 aromatic heterocycles. The molecule has 2 fully saturated rings. The molecule has 2 saturated heterocycles. The predicted molar refractivity (Wildman–Crippen MR) is 64.5 cm³/mol. The van der Waals surface area contributed by atoms with E-state index >= 15 is 0 Å². The molecule has 0 N–H and O–H groups in total. The molecule has 2 aliphatic heterocycles. The highest BCUT2D eigenvalue weighted by Gasteiger charge is 2.43. The molecule has 0 aliphatic carbocycles. The van der Waals surface area contributed by atoms with E-state index in [4.69, 9.17) is 0 Å². The van der Waals surface area contributed by atoms with Gasteiger partial charge in [-0.2, -0.15) is 0 Å². The van der Waals surface area contributed by atoms with E-state index in [0.717, 1.165) is 0 Å². The van der Waals surface area contributed by atoms with Crippen LogP contribution in [0.3, 0.4) is 0 Å². The highest BCUT2D eigenvalue weighted by molar-refractivity contribution is 5.96. The van der Waals surface area contributed by atoms with Gasteiger partial charge in [-0.1, -0.05) is 13.8 Å². The number of hydrogen-bond donors (Lipinski definition) is 0. The molecule has 8 nitrogen and oxygen atoms in total. The van der Waals surface area contributed by atoms with Crippen molar-refractivity contribution in [3.05, 3.63) is 0 Å². The fourth-order valence-electron chi connectivity index (χ4n) is 2.42. The summed E-state index contributed by atoms with van der Waals surface area (Å²) in [6, 6.07) is -1.26. The van der Waals surface area contributed by atoms with Crippen molar-refractivity contribution in [3.63, 3.8) is 0 Å². The first kappa shape index (κ1) is 14.3. The van der Waals surface area contributed by atoms with Crippen LogP contribution in [0, 0.1) is 0 Å². The van der Waals surface area contributed by atoms with E-state index in [1.165, 1.54) is 9.80 Å². The average molecular weight is 284 g/mol. The molecule has 0 saturated carbocycles. The number of esters is 2. The van der Waals surface area contributed by atoms with Crippen molar-refractivity contribution >= 4 is 24.1 Å². The van der Waals surface area contributed by atoms with E-state index in [2.05, 4.69) is 9.47 Å². The molecule has 0 aromatic carbocycles. The minimum atomic E-state index is -0.714. The highest BCUT2D eigenvalue weighted by Crippen LogP contribution is 2.20. The van der Waals surface area contributed by atoms with Crippen LogP contribution in [-0.2, 0) is 19.1 Å². The van der Waals surface area contributed by atoms with Gasteiger partial charge in [-0.3, -0.25) is 9.80 Å². The lowest BCUT2D eigenvalue weighted by molar-refractivity contribution is -0.137. The number of hydrogen-bond acceptors (Lipinski definition) is 6. The Labute approximate surface area is 115 Å². The van der Waals surface area contributed by atoms with Crippen LogP contribution in [-0.4, -0.2) is 59.1 Å². The van der Waals surface area contributed by atoms with Gasteiger partial charge < -0.3 is 9.47 Å². The van der Waals surface area contributed by atoms with Gasteiger partial charge in [-0.05, 0) is 12.8 Å². The van der Waals surface area contributed by atoms with E-state index < -0.39 is 36.2 Å². The molecule has 0 bridgehead atoms. The molecule has 110 valence electrons. The molecule has 0 radical (unpaired) electrons. The molecule has 2 aliphatic rings. The lowest BCUT2D eigenvalue weighted by Gasteiger charge is -2.23. The molecule has 0 spiro atoms. The van der Waals surface area contributed by atoms with E-state index in [9.17, 15) is 19.2 Å². The Morgan fingerprint density at radius 1 is 0.800 bits per heavy atom. The van der Waals surface area contributed by atoms with Gasteiger partial charge in [0.1, 0.15) is 12.1 Å². The van der Waals surface area contributed by atoms with E-state index in [0.29, 0.717) is 12.8 Å². The lowest BCUT2D eigenvalue weighted by atomic mass is 10.2. The van der Waals surface area contributed by atoms with Crippen molar-refractivity contribution in [1.82, 2.24) is 9.80 Å². The monoisotopic (exact) mass is 284 g/mol. The Hall–Kier alpha value is -2.12. The molecule has 8 heteroatoms. The minimum absolute atomic E-state index is 0.127. The normalized spacial score (nSPS) is 26.3. The van der Waals surface area contributed by atoms with Crippen LogP contribution in [0.15, 0.2) is 0 Å². The second-order valence-electron chi connectivity index (χ2n) is 4.61. The summed E-state index contributed by atoms with van der Waals surface area (Å²) in [5.41, 5.74) is 0. The summed E-state index contributed by atoms with van der Waals surface area (Å²) in [6.45, 7) is 3.78. The summed E-state index contributed by atoms with van der Waals surface area (Å²) in [5.74, 6) is -1.16. The molecule has 2 amide bonds. The maximum absolute atomic E-state index is 11.5. The first-order valence-corrected chi connectivity index (χ1v) is 6.54. The number of carbonyl (C=O) groups excluding carboxylic acids is 4. The van der Waals surface area contributed by atoms with Crippen LogP contribution in [0.25, 0.3) is 0 Å². The van der Waals surface area contributed by atoms with Crippen LogP contribution in [0.4, 0.5) is 9.59 Å². The third-order valence-corrected chi connectivity index (χ3v) is 3.50. The van der Waals surface area contributed by atoms with Crippen molar-refractivity contribution in [2.45, 2.75) is 38.8 Å². The number of ether oxygens (including phenoxy) is 2. The molecule has 2 atom stereocenters. The van der Waals surface area contributed by atoms with Gasteiger partial charge in [-0.25, -0.2) is 19.2 Å². The van der Waals surface area contributed by atoms with Crippen LogP contribution in [0.1, 0.15) is 26.7 Å². The quantitative estimate of drug-likeness (QED) is 0.539. The van der Waals surface area contributed by atoms with Crippen LogP contribution in [0.2, 0.25) is 0 Å². The van der Waals surface area contributed by atoms with Crippen molar-refractivity contribution < 1.29 is 28.7 Å². The van der Waals surface area contributed by atoms with Crippen molar-refractivity contribution in [3.8, 4) is 0 Å². The number of amides is 2. The molecular weight excluding hydrogens is 268 g/mol. The summed E-state index contributed by atoms with van der Waals surface area (Å²) in [7, 11) is 0. The molecule has 2 rings (SSSR count). The van der Waals surface area contributed by atoms with Crippen LogP contribution >= 0.6 is 0 Å². The first-order valence-electron chi connectivity index (χ1n) is 6.54. The maximum Gasteiger partial charge on any atom is 0.418 e. The fourth-order valence-corrected chi connectivity index (χ4v) is 2.42. The predicted octanol–water partition coefficient (Wildman–Crippen LogP) is 0.501. The van der Waals surface area contributed by atoms with E-state index in [-0.39, 0.29) is 13.1 Å². The molecule has 0 aromatic rings. The van der Waals surface area contributed by atoms with Crippen molar-refractivity contribution in [2.24, 2.45) is 0 Å². The Kier molecular flexibility index (Phi) is 3.91. The Morgan fingerprint density at radius 3 is 1.45 bits per heavy atom.